The Labute approximate surface area is 133 Å². The minimum Gasteiger partial charge on any atom is -0.455 e. The first kappa shape index (κ1) is 13.7. The molecule has 23 heavy (non-hydrogen) atoms. The first-order valence-corrected chi connectivity index (χ1v) is 7.54. The molecule has 2 aromatic heterocycles. The molecule has 0 saturated carbocycles. The van der Waals surface area contributed by atoms with Crippen LogP contribution in [0.4, 0.5) is 0 Å². The molecular formula is C20H15NO2. The van der Waals surface area contributed by atoms with Crippen LogP contribution in [0.2, 0.25) is 0 Å². The summed E-state index contributed by atoms with van der Waals surface area (Å²) in [6, 6.07) is 17.1. The molecule has 0 unspecified atom stereocenters. The quantitative estimate of drug-likeness (QED) is 0.482. The number of hydrogen-bond donors (Lipinski definition) is 0. The Bertz CT molecular complexity index is 1110. The van der Waals surface area contributed by atoms with Gasteiger partial charge in [-0.3, -0.25) is 9.78 Å². The van der Waals surface area contributed by atoms with E-state index in [4.69, 9.17) is 4.42 Å². The molecule has 0 fully saturated rings. The van der Waals surface area contributed by atoms with E-state index in [9.17, 15) is 4.79 Å². The Hall–Kier alpha value is -2.94. The van der Waals surface area contributed by atoms with Crippen molar-refractivity contribution in [2.24, 2.45) is 0 Å². The lowest BCUT2D eigenvalue weighted by molar-refractivity contribution is 0.660. The highest BCUT2D eigenvalue weighted by Crippen LogP contribution is 2.30. The molecule has 0 bridgehead atoms. The highest BCUT2D eigenvalue weighted by atomic mass is 16.3. The second kappa shape index (κ2) is 5.06. The van der Waals surface area contributed by atoms with E-state index >= 15 is 0 Å². The summed E-state index contributed by atoms with van der Waals surface area (Å²) in [6.07, 6.45) is 0. The van der Waals surface area contributed by atoms with Gasteiger partial charge in [-0.2, -0.15) is 0 Å². The summed E-state index contributed by atoms with van der Waals surface area (Å²) in [6.45, 7) is 3.93. The van der Waals surface area contributed by atoms with Crippen LogP contribution in [-0.2, 0) is 0 Å². The maximum Gasteiger partial charge on any atom is 0.200 e. The number of fused-ring (bicyclic) bond motifs is 2. The maximum absolute atomic E-state index is 12.8. The van der Waals surface area contributed by atoms with Gasteiger partial charge < -0.3 is 4.42 Å². The number of aromatic nitrogens is 1. The lowest BCUT2D eigenvalue weighted by Gasteiger charge is -2.09. The van der Waals surface area contributed by atoms with Crippen LogP contribution >= 0.6 is 0 Å². The summed E-state index contributed by atoms with van der Waals surface area (Å²) < 4.78 is 6.07. The predicted octanol–water partition coefficient (Wildman–Crippen LogP) is 4.63. The zero-order valence-corrected chi connectivity index (χ0v) is 13.0. The molecule has 0 atom stereocenters. The van der Waals surface area contributed by atoms with Crippen molar-refractivity contribution in [3.05, 3.63) is 76.1 Å². The molecule has 112 valence electrons. The van der Waals surface area contributed by atoms with E-state index < -0.39 is 0 Å². The van der Waals surface area contributed by atoms with Crippen molar-refractivity contribution in [3.63, 3.8) is 0 Å². The standard InChI is InChI=1S/C20H15NO2/c1-12-10-15(17-8-5-6-13(2)21-17)20-16(11-12)19(22)14-7-3-4-9-18(14)23-20/h3-11H,1-2H3. The largest absolute Gasteiger partial charge is 0.455 e. The third-order valence-electron chi connectivity index (χ3n) is 3.99. The van der Waals surface area contributed by atoms with Gasteiger partial charge in [-0.1, -0.05) is 18.2 Å². The fourth-order valence-corrected chi connectivity index (χ4v) is 2.93. The van der Waals surface area contributed by atoms with E-state index in [1.165, 1.54) is 0 Å². The minimum atomic E-state index is -0.000506. The monoisotopic (exact) mass is 301 g/mol. The summed E-state index contributed by atoms with van der Waals surface area (Å²) in [4.78, 5) is 17.4. The van der Waals surface area contributed by atoms with Crippen LogP contribution < -0.4 is 5.43 Å². The second-order valence-corrected chi connectivity index (χ2v) is 5.78. The maximum atomic E-state index is 12.8. The molecule has 0 saturated heterocycles. The molecule has 0 amide bonds. The van der Waals surface area contributed by atoms with E-state index in [1.54, 1.807) is 6.07 Å². The molecule has 0 aliphatic rings. The Morgan fingerprint density at radius 3 is 2.57 bits per heavy atom. The Kier molecular flexibility index (Phi) is 3.01. The molecule has 0 N–H and O–H groups in total. The Morgan fingerprint density at radius 2 is 1.74 bits per heavy atom. The van der Waals surface area contributed by atoms with Gasteiger partial charge in [0.15, 0.2) is 0 Å². The molecule has 3 nitrogen and oxygen atoms in total. The SMILES string of the molecule is Cc1cc(-c2cccc(C)n2)c2oc3ccccc3c(=O)c2c1. The van der Waals surface area contributed by atoms with E-state index in [1.807, 2.05) is 62.4 Å². The van der Waals surface area contributed by atoms with E-state index in [0.717, 1.165) is 22.5 Å². The smallest absolute Gasteiger partial charge is 0.200 e. The number of benzene rings is 2. The minimum absolute atomic E-state index is 0.000506. The van der Waals surface area contributed by atoms with Gasteiger partial charge in [0.05, 0.1) is 16.5 Å². The van der Waals surface area contributed by atoms with Crippen LogP contribution in [0.25, 0.3) is 33.2 Å². The topological polar surface area (TPSA) is 43.1 Å². The second-order valence-electron chi connectivity index (χ2n) is 5.78. The molecule has 4 rings (SSSR count). The van der Waals surface area contributed by atoms with Crippen LogP contribution in [-0.4, -0.2) is 4.98 Å². The van der Waals surface area contributed by atoms with Gasteiger partial charge in [-0.25, -0.2) is 0 Å². The molecule has 2 heterocycles. The molecule has 0 radical (unpaired) electrons. The summed E-state index contributed by atoms with van der Waals surface area (Å²) >= 11 is 0. The zero-order chi connectivity index (χ0) is 16.0. The third-order valence-corrected chi connectivity index (χ3v) is 3.99. The summed E-state index contributed by atoms with van der Waals surface area (Å²) in [5.74, 6) is 0. The number of aryl methyl sites for hydroxylation is 2. The van der Waals surface area contributed by atoms with Crippen LogP contribution in [0, 0.1) is 13.8 Å². The van der Waals surface area contributed by atoms with Crippen LogP contribution in [0.5, 0.6) is 0 Å². The van der Waals surface area contributed by atoms with Crippen molar-refractivity contribution in [2.45, 2.75) is 13.8 Å². The Morgan fingerprint density at radius 1 is 0.913 bits per heavy atom. The lowest BCUT2D eigenvalue weighted by Crippen LogP contribution is -2.03. The van der Waals surface area contributed by atoms with Gasteiger partial charge >= 0.3 is 0 Å². The van der Waals surface area contributed by atoms with Gasteiger partial charge in [-0.05, 0) is 55.8 Å². The summed E-state index contributed by atoms with van der Waals surface area (Å²) in [5.41, 5.74) is 4.81. The van der Waals surface area contributed by atoms with Crippen molar-refractivity contribution < 1.29 is 4.42 Å². The van der Waals surface area contributed by atoms with Crippen molar-refractivity contribution in [2.75, 3.05) is 0 Å². The van der Waals surface area contributed by atoms with Gasteiger partial charge in [0, 0.05) is 11.3 Å². The van der Waals surface area contributed by atoms with Crippen molar-refractivity contribution >= 4 is 21.9 Å². The van der Waals surface area contributed by atoms with E-state index in [2.05, 4.69) is 4.98 Å². The average Bonchev–Trinajstić information content (AvgIpc) is 2.55. The highest BCUT2D eigenvalue weighted by molar-refractivity contribution is 5.97. The fourth-order valence-electron chi connectivity index (χ4n) is 2.93. The number of nitrogens with zero attached hydrogens (tertiary/aromatic N) is 1. The van der Waals surface area contributed by atoms with Gasteiger partial charge in [0.25, 0.3) is 0 Å². The molecule has 3 heteroatoms. The molecule has 2 aromatic carbocycles. The van der Waals surface area contributed by atoms with Crippen molar-refractivity contribution in [1.29, 1.82) is 0 Å². The summed E-state index contributed by atoms with van der Waals surface area (Å²) in [7, 11) is 0. The first-order valence-electron chi connectivity index (χ1n) is 7.54. The average molecular weight is 301 g/mol. The molecule has 4 aromatic rings. The van der Waals surface area contributed by atoms with Gasteiger partial charge in [0.1, 0.15) is 11.2 Å². The van der Waals surface area contributed by atoms with Crippen molar-refractivity contribution in [1.82, 2.24) is 4.98 Å². The third kappa shape index (κ3) is 2.21. The number of para-hydroxylation sites is 1. The zero-order valence-electron chi connectivity index (χ0n) is 13.0. The van der Waals surface area contributed by atoms with Crippen LogP contribution in [0.3, 0.4) is 0 Å². The molecule has 0 aliphatic heterocycles. The molecule has 0 spiro atoms. The van der Waals surface area contributed by atoms with E-state index in [0.29, 0.717) is 21.9 Å². The van der Waals surface area contributed by atoms with Crippen LogP contribution in [0.1, 0.15) is 11.3 Å². The lowest BCUT2D eigenvalue weighted by atomic mass is 10.0. The number of hydrogen-bond acceptors (Lipinski definition) is 3. The van der Waals surface area contributed by atoms with E-state index in [-0.39, 0.29) is 5.43 Å². The van der Waals surface area contributed by atoms with Gasteiger partial charge in [-0.15, -0.1) is 0 Å². The normalized spacial score (nSPS) is 11.2. The number of rotatable bonds is 1. The molecular weight excluding hydrogens is 286 g/mol. The van der Waals surface area contributed by atoms with Crippen molar-refractivity contribution in [3.8, 4) is 11.3 Å². The van der Waals surface area contributed by atoms with Crippen LogP contribution in [0.15, 0.2) is 63.8 Å². The first-order chi connectivity index (χ1) is 11.1. The summed E-state index contributed by atoms with van der Waals surface area (Å²) in [5, 5.41) is 1.20. The Balaban J connectivity index is 2.18. The fraction of sp³-hybridized carbons (Fsp3) is 0.100. The number of pyridine rings is 1. The highest BCUT2D eigenvalue weighted by Gasteiger charge is 2.14. The van der Waals surface area contributed by atoms with Gasteiger partial charge in [0.2, 0.25) is 5.43 Å². The molecule has 0 aliphatic carbocycles. The predicted molar refractivity (Wildman–Crippen MR) is 92.7 cm³/mol.